The second kappa shape index (κ2) is 8.70. The molecule has 1 N–H and O–H groups in total. The molecule has 0 atom stereocenters. The first-order valence-corrected chi connectivity index (χ1v) is 8.09. The first-order valence-electron chi connectivity index (χ1n) is 6.87. The van der Waals surface area contributed by atoms with Crippen LogP contribution in [0.4, 0.5) is 0 Å². The molecule has 0 spiro atoms. The summed E-state index contributed by atoms with van der Waals surface area (Å²) in [6, 6.07) is 0. The van der Waals surface area contributed by atoms with Crippen molar-refractivity contribution < 1.29 is 14.7 Å². The molecule has 0 bridgehead atoms. The summed E-state index contributed by atoms with van der Waals surface area (Å²) in [6.07, 6.45) is 10.7. The largest absolute Gasteiger partial charge is 0.480 e. The molecule has 1 aliphatic rings. The lowest BCUT2D eigenvalue weighted by molar-refractivity contribution is -0.140. The minimum atomic E-state index is -1.08. The summed E-state index contributed by atoms with van der Waals surface area (Å²) in [4.78, 5) is 24.5. The van der Waals surface area contributed by atoms with Crippen molar-refractivity contribution in [3.63, 3.8) is 0 Å². The van der Waals surface area contributed by atoms with E-state index in [9.17, 15) is 9.59 Å². The van der Waals surface area contributed by atoms with E-state index >= 15 is 0 Å². The minimum Gasteiger partial charge on any atom is -0.480 e. The lowest BCUT2D eigenvalue weighted by atomic mass is 10.1. The van der Waals surface area contributed by atoms with Gasteiger partial charge >= 0.3 is 5.97 Å². The zero-order valence-electron chi connectivity index (χ0n) is 12.8. The Kier molecular flexibility index (Phi) is 7.27. The Balaban J connectivity index is 2.98. The lowest BCUT2D eigenvalue weighted by Crippen LogP contribution is -2.33. The van der Waals surface area contributed by atoms with Crippen LogP contribution in [0.1, 0.15) is 27.2 Å². The second-order valence-corrected chi connectivity index (χ2v) is 6.34. The van der Waals surface area contributed by atoms with Crippen LogP contribution < -0.4 is 0 Å². The van der Waals surface area contributed by atoms with Crippen LogP contribution in [0.3, 0.4) is 0 Å². The number of amides is 1. The van der Waals surface area contributed by atoms with Crippen LogP contribution in [-0.2, 0) is 9.59 Å². The molecule has 6 heteroatoms. The van der Waals surface area contributed by atoms with E-state index in [2.05, 4.69) is 13.0 Å². The topological polar surface area (TPSA) is 57.6 Å². The third kappa shape index (κ3) is 5.27. The highest BCUT2D eigenvalue weighted by molar-refractivity contribution is 8.26. The van der Waals surface area contributed by atoms with Crippen LogP contribution in [-0.4, -0.2) is 32.7 Å². The minimum absolute atomic E-state index is 0.282. The molecule has 0 aliphatic carbocycles. The molecule has 22 heavy (non-hydrogen) atoms. The molecule has 1 rings (SSSR count). The summed E-state index contributed by atoms with van der Waals surface area (Å²) >= 11 is 6.19. The van der Waals surface area contributed by atoms with Crippen molar-refractivity contribution >= 4 is 40.2 Å². The maximum atomic E-state index is 12.2. The SMILES string of the molecule is C\C=C/C(/C=C(C)/C=C1\SC(=S)N(CC(=O)O)C1=O)=C\CC. The Morgan fingerprint density at radius 3 is 2.68 bits per heavy atom. The van der Waals surface area contributed by atoms with E-state index in [0.717, 1.165) is 34.2 Å². The van der Waals surface area contributed by atoms with Gasteiger partial charge in [-0.1, -0.05) is 55.2 Å². The smallest absolute Gasteiger partial charge is 0.323 e. The molecule has 0 radical (unpaired) electrons. The number of carbonyl (C=O) groups excluding carboxylic acids is 1. The van der Waals surface area contributed by atoms with Crippen molar-refractivity contribution in [2.75, 3.05) is 6.54 Å². The normalized spacial score (nSPS) is 18.9. The van der Waals surface area contributed by atoms with E-state index in [1.165, 1.54) is 0 Å². The molecule has 0 aromatic carbocycles. The Hall–Kier alpha value is -1.66. The summed E-state index contributed by atoms with van der Waals surface area (Å²) in [6.45, 7) is 5.51. The fraction of sp³-hybridized carbons (Fsp3) is 0.312. The fourth-order valence-corrected chi connectivity index (χ4v) is 3.19. The monoisotopic (exact) mass is 337 g/mol. The third-order valence-electron chi connectivity index (χ3n) is 2.72. The van der Waals surface area contributed by atoms with Gasteiger partial charge in [-0.2, -0.15) is 0 Å². The molecule has 1 saturated heterocycles. The third-order valence-corrected chi connectivity index (χ3v) is 4.10. The van der Waals surface area contributed by atoms with Gasteiger partial charge in [-0.05, 0) is 37.5 Å². The highest BCUT2D eigenvalue weighted by Gasteiger charge is 2.33. The van der Waals surface area contributed by atoms with Gasteiger partial charge in [-0.15, -0.1) is 0 Å². The molecule has 1 heterocycles. The summed E-state index contributed by atoms with van der Waals surface area (Å²) in [5, 5.41) is 8.81. The Morgan fingerprint density at radius 2 is 2.14 bits per heavy atom. The first kappa shape index (κ1) is 18.4. The average molecular weight is 337 g/mol. The molecule has 0 saturated carbocycles. The van der Waals surface area contributed by atoms with Gasteiger partial charge in [-0.25, -0.2) is 0 Å². The number of rotatable bonds is 6. The summed E-state index contributed by atoms with van der Waals surface area (Å²) < 4.78 is 0.282. The molecule has 0 unspecified atom stereocenters. The fourth-order valence-electron chi connectivity index (χ4n) is 1.89. The van der Waals surface area contributed by atoms with Crippen molar-refractivity contribution in [3.05, 3.63) is 46.4 Å². The van der Waals surface area contributed by atoms with E-state index in [0.29, 0.717) is 4.91 Å². The molecular weight excluding hydrogens is 318 g/mol. The molecule has 1 amide bonds. The average Bonchev–Trinajstić information content (AvgIpc) is 2.66. The Labute approximate surface area is 140 Å². The maximum absolute atomic E-state index is 12.2. The number of thioether (sulfide) groups is 1. The van der Waals surface area contributed by atoms with Crippen LogP contribution in [0.25, 0.3) is 0 Å². The number of allylic oxidation sites excluding steroid dienone is 7. The summed E-state index contributed by atoms with van der Waals surface area (Å²) in [7, 11) is 0. The van der Waals surface area contributed by atoms with Crippen LogP contribution in [0.2, 0.25) is 0 Å². The molecule has 0 aromatic heterocycles. The number of nitrogens with zero attached hydrogens (tertiary/aromatic N) is 1. The highest BCUT2D eigenvalue weighted by atomic mass is 32.2. The number of aliphatic carboxylic acids is 1. The number of carbonyl (C=O) groups is 2. The number of carboxylic acids is 1. The van der Waals surface area contributed by atoms with Crippen molar-refractivity contribution in [1.29, 1.82) is 0 Å². The van der Waals surface area contributed by atoms with E-state index < -0.39 is 12.5 Å². The van der Waals surface area contributed by atoms with Crippen LogP contribution in [0.15, 0.2) is 46.4 Å². The van der Waals surface area contributed by atoms with E-state index in [1.54, 1.807) is 6.08 Å². The molecule has 118 valence electrons. The predicted molar refractivity (Wildman–Crippen MR) is 94.6 cm³/mol. The Morgan fingerprint density at radius 1 is 1.45 bits per heavy atom. The van der Waals surface area contributed by atoms with E-state index in [4.69, 9.17) is 17.3 Å². The van der Waals surface area contributed by atoms with E-state index in [1.807, 2.05) is 32.1 Å². The molecule has 4 nitrogen and oxygen atoms in total. The standard InChI is InChI=1S/C16H19NO3S2/c1-4-6-12(7-5-2)8-11(3)9-13-15(20)17(10-14(18)19)16(21)22-13/h4,6-9H,5,10H2,1-3H3,(H,18,19)/b6-4-,11-8+,12-7+,13-9-. The van der Waals surface area contributed by atoms with Gasteiger partial charge in [0.1, 0.15) is 10.9 Å². The van der Waals surface area contributed by atoms with Crippen molar-refractivity contribution in [2.24, 2.45) is 0 Å². The number of carboxylic acid groups (broad SMARTS) is 1. The molecular formula is C16H19NO3S2. The number of hydrogen-bond acceptors (Lipinski definition) is 4. The predicted octanol–water partition coefficient (Wildman–Crippen LogP) is 3.67. The van der Waals surface area contributed by atoms with Crippen molar-refractivity contribution in [3.8, 4) is 0 Å². The lowest BCUT2D eigenvalue weighted by Gasteiger charge is -2.10. The quantitative estimate of drug-likeness (QED) is 0.455. The van der Waals surface area contributed by atoms with Gasteiger partial charge in [-0.3, -0.25) is 14.5 Å². The maximum Gasteiger partial charge on any atom is 0.323 e. The Bertz CT molecular complexity index is 601. The van der Waals surface area contributed by atoms with Gasteiger partial charge in [0, 0.05) is 0 Å². The van der Waals surface area contributed by atoms with E-state index in [-0.39, 0.29) is 10.2 Å². The summed E-state index contributed by atoms with van der Waals surface area (Å²) in [5.41, 5.74) is 1.98. The van der Waals surface area contributed by atoms with Gasteiger partial charge in [0.05, 0.1) is 4.91 Å². The van der Waals surface area contributed by atoms with Crippen LogP contribution in [0.5, 0.6) is 0 Å². The summed E-state index contributed by atoms with van der Waals surface area (Å²) in [5.74, 6) is -1.43. The number of thiocarbonyl (C=S) groups is 1. The van der Waals surface area contributed by atoms with Gasteiger partial charge < -0.3 is 5.11 Å². The zero-order valence-corrected chi connectivity index (χ0v) is 14.5. The highest BCUT2D eigenvalue weighted by Crippen LogP contribution is 2.31. The van der Waals surface area contributed by atoms with Gasteiger partial charge in [0.2, 0.25) is 0 Å². The van der Waals surface area contributed by atoms with Crippen LogP contribution >= 0.6 is 24.0 Å². The van der Waals surface area contributed by atoms with Gasteiger partial charge in [0.15, 0.2) is 0 Å². The molecule has 1 fully saturated rings. The second-order valence-electron chi connectivity index (χ2n) is 4.66. The molecule has 1 aliphatic heterocycles. The van der Waals surface area contributed by atoms with Crippen molar-refractivity contribution in [2.45, 2.75) is 27.2 Å². The van der Waals surface area contributed by atoms with Crippen molar-refractivity contribution in [1.82, 2.24) is 4.90 Å². The number of hydrogen-bond donors (Lipinski definition) is 1. The van der Waals surface area contributed by atoms with Crippen LogP contribution in [0, 0.1) is 0 Å². The first-order chi connectivity index (χ1) is 10.4. The van der Waals surface area contributed by atoms with Gasteiger partial charge in [0.25, 0.3) is 5.91 Å². The zero-order chi connectivity index (χ0) is 16.7. The molecule has 0 aromatic rings.